The maximum atomic E-state index is 12.3. The fourth-order valence-electron chi connectivity index (χ4n) is 2.48. The lowest BCUT2D eigenvalue weighted by Gasteiger charge is -2.18. The van der Waals surface area contributed by atoms with Gasteiger partial charge in [-0.1, -0.05) is 38.8 Å². The summed E-state index contributed by atoms with van der Waals surface area (Å²) in [4.78, 5) is 12.3. The number of carbonyl (C=O) groups is 1. The summed E-state index contributed by atoms with van der Waals surface area (Å²) < 4.78 is 5.20. The molecule has 2 rings (SSSR count). The molecule has 1 aliphatic carbocycles. The van der Waals surface area contributed by atoms with Crippen molar-refractivity contribution in [2.75, 3.05) is 0 Å². The predicted molar refractivity (Wildman–Crippen MR) is 69.7 cm³/mol. The molecule has 0 bridgehead atoms. The van der Waals surface area contributed by atoms with Gasteiger partial charge in [-0.25, -0.2) is 0 Å². The highest BCUT2D eigenvalue weighted by Crippen LogP contribution is 2.27. The van der Waals surface area contributed by atoms with Gasteiger partial charge < -0.3 is 9.84 Å². The Kier molecular flexibility index (Phi) is 3.46. The number of hydrogen-bond donors (Lipinski definition) is 1. The van der Waals surface area contributed by atoms with Crippen LogP contribution in [0.5, 0.6) is 0 Å². The highest BCUT2D eigenvalue weighted by Gasteiger charge is 2.30. The minimum atomic E-state index is -0.180. The van der Waals surface area contributed by atoms with E-state index in [1.807, 2.05) is 20.8 Å². The molecule has 0 aliphatic heterocycles. The van der Waals surface area contributed by atoms with Gasteiger partial charge in [0.25, 0.3) is 5.91 Å². The average molecular weight is 250 g/mol. The molecular formula is C14H22N2O2. The smallest absolute Gasteiger partial charge is 0.257 e. The quantitative estimate of drug-likeness (QED) is 0.878. The third-order valence-corrected chi connectivity index (χ3v) is 3.49. The molecule has 0 atom stereocenters. The van der Waals surface area contributed by atoms with E-state index in [9.17, 15) is 4.79 Å². The fourth-order valence-corrected chi connectivity index (χ4v) is 2.48. The largest absolute Gasteiger partial charge is 0.361 e. The van der Waals surface area contributed by atoms with E-state index in [0.717, 1.165) is 18.5 Å². The molecule has 0 saturated heterocycles. The topological polar surface area (TPSA) is 55.1 Å². The highest BCUT2D eigenvalue weighted by molar-refractivity contribution is 5.96. The van der Waals surface area contributed by atoms with Crippen LogP contribution in [0.2, 0.25) is 0 Å². The molecule has 1 aromatic heterocycles. The molecule has 100 valence electrons. The minimum Gasteiger partial charge on any atom is -0.361 e. The number of amides is 1. The summed E-state index contributed by atoms with van der Waals surface area (Å²) in [6.45, 7) is 7.91. The molecule has 1 heterocycles. The van der Waals surface area contributed by atoms with Gasteiger partial charge >= 0.3 is 0 Å². The van der Waals surface area contributed by atoms with Gasteiger partial charge in [0.15, 0.2) is 0 Å². The summed E-state index contributed by atoms with van der Waals surface area (Å²) in [5, 5.41) is 7.14. The fraction of sp³-hybridized carbons (Fsp3) is 0.714. The third-order valence-electron chi connectivity index (χ3n) is 3.49. The van der Waals surface area contributed by atoms with Crippen molar-refractivity contribution in [2.45, 2.75) is 64.8 Å². The standard InChI is InChI=1S/C14H22N2O2/c1-9-11(12(16-18-9)14(2,3)4)13(17)15-10-7-5-6-8-10/h10H,5-8H2,1-4H3,(H,15,17). The molecule has 4 nitrogen and oxygen atoms in total. The van der Waals surface area contributed by atoms with Gasteiger partial charge in [0.2, 0.25) is 0 Å². The maximum Gasteiger partial charge on any atom is 0.257 e. The molecule has 0 radical (unpaired) electrons. The zero-order valence-corrected chi connectivity index (χ0v) is 11.7. The van der Waals surface area contributed by atoms with Gasteiger partial charge in [-0.2, -0.15) is 0 Å². The van der Waals surface area contributed by atoms with Gasteiger partial charge in [0.05, 0.1) is 0 Å². The van der Waals surface area contributed by atoms with E-state index in [1.54, 1.807) is 6.92 Å². The Balaban J connectivity index is 2.21. The Hall–Kier alpha value is -1.32. The second kappa shape index (κ2) is 4.75. The van der Waals surface area contributed by atoms with E-state index in [0.29, 0.717) is 17.4 Å². The Morgan fingerprint density at radius 3 is 2.50 bits per heavy atom. The van der Waals surface area contributed by atoms with Gasteiger partial charge in [-0.05, 0) is 19.8 Å². The molecule has 1 aliphatic rings. The Morgan fingerprint density at radius 1 is 1.33 bits per heavy atom. The zero-order valence-electron chi connectivity index (χ0n) is 11.7. The number of carbonyl (C=O) groups excluding carboxylic acids is 1. The number of aryl methyl sites for hydroxylation is 1. The minimum absolute atomic E-state index is 0.0365. The van der Waals surface area contributed by atoms with Crippen molar-refractivity contribution >= 4 is 5.91 Å². The van der Waals surface area contributed by atoms with Crippen molar-refractivity contribution in [2.24, 2.45) is 0 Å². The average Bonchev–Trinajstić information content (AvgIpc) is 2.85. The molecule has 1 fully saturated rings. The first kappa shape index (κ1) is 13.1. The van der Waals surface area contributed by atoms with E-state index in [4.69, 9.17) is 4.52 Å². The van der Waals surface area contributed by atoms with Crippen LogP contribution in [0, 0.1) is 6.92 Å². The van der Waals surface area contributed by atoms with Crippen LogP contribution in [0.4, 0.5) is 0 Å². The summed E-state index contributed by atoms with van der Waals surface area (Å²) in [5.74, 6) is 0.570. The molecule has 0 aromatic carbocycles. The van der Waals surface area contributed by atoms with Crippen molar-refractivity contribution in [3.05, 3.63) is 17.0 Å². The van der Waals surface area contributed by atoms with E-state index < -0.39 is 0 Å². The van der Waals surface area contributed by atoms with Crippen molar-refractivity contribution in [1.29, 1.82) is 0 Å². The second-order valence-corrected chi connectivity index (χ2v) is 6.17. The van der Waals surface area contributed by atoms with Gasteiger partial charge in [-0.3, -0.25) is 4.79 Å². The summed E-state index contributed by atoms with van der Waals surface area (Å²) in [7, 11) is 0. The van der Waals surface area contributed by atoms with E-state index in [1.165, 1.54) is 12.8 Å². The van der Waals surface area contributed by atoms with Crippen LogP contribution in [0.25, 0.3) is 0 Å². The first-order valence-corrected chi connectivity index (χ1v) is 6.67. The molecule has 18 heavy (non-hydrogen) atoms. The van der Waals surface area contributed by atoms with Crippen molar-refractivity contribution in [3.63, 3.8) is 0 Å². The highest BCUT2D eigenvalue weighted by atomic mass is 16.5. The van der Waals surface area contributed by atoms with Crippen LogP contribution in [0.15, 0.2) is 4.52 Å². The summed E-state index contributed by atoms with van der Waals surface area (Å²) in [6, 6.07) is 0.319. The van der Waals surface area contributed by atoms with Crippen molar-refractivity contribution in [3.8, 4) is 0 Å². The molecular weight excluding hydrogens is 228 g/mol. The summed E-state index contributed by atoms with van der Waals surface area (Å²) in [6.07, 6.45) is 4.58. The van der Waals surface area contributed by atoms with Crippen molar-refractivity contribution < 1.29 is 9.32 Å². The van der Waals surface area contributed by atoms with Crippen LogP contribution in [-0.4, -0.2) is 17.1 Å². The molecule has 1 amide bonds. The van der Waals surface area contributed by atoms with Crippen LogP contribution >= 0.6 is 0 Å². The number of hydrogen-bond acceptors (Lipinski definition) is 3. The van der Waals surface area contributed by atoms with Crippen LogP contribution in [0.3, 0.4) is 0 Å². The number of aromatic nitrogens is 1. The third kappa shape index (κ3) is 2.57. The predicted octanol–water partition coefficient (Wildman–Crippen LogP) is 2.95. The molecule has 1 aromatic rings. The summed E-state index contributed by atoms with van der Waals surface area (Å²) >= 11 is 0. The monoisotopic (exact) mass is 250 g/mol. The molecule has 0 unspecified atom stereocenters. The zero-order chi connectivity index (χ0) is 13.3. The van der Waals surface area contributed by atoms with Gasteiger partial charge in [0, 0.05) is 11.5 Å². The van der Waals surface area contributed by atoms with Crippen LogP contribution < -0.4 is 5.32 Å². The Labute approximate surface area is 108 Å². The number of nitrogens with zero attached hydrogens (tertiary/aromatic N) is 1. The lowest BCUT2D eigenvalue weighted by Crippen LogP contribution is -2.34. The number of nitrogens with one attached hydrogen (secondary N) is 1. The van der Waals surface area contributed by atoms with Gasteiger partial charge in [0.1, 0.15) is 17.0 Å². The Morgan fingerprint density at radius 2 is 1.94 bits per heavy atom. The molecule has 0 spiro atoms. The first-order valence-electron chi connectivity index (χ1n) is 6.67. The molecule has 1 N–H and O–H groups in total. The lowest BCUT2D eigenvalue weighted by molar-refractivity contribution is 0.0934. The van der Waals surface area contributed by atoms with E-state index >= 15 is 0 Å². The maximum absolute atomic E-state index is 12.3. The second-order valence-electron chi connectivity index (χ2n) is 6.17. The normalized spacial score (nSPS) is 17.1. The van der Waals surface area contributed by atoms with Crippen LogP contribution in [0.1, 0.15) is 68.3 Å². The van der Waals surface area contributed by atoms with E-state index in [-0.39, 0.29) is 11.3 Å². The molecule has 4 heteroatoms. The summed E-state index contributed by atoms with van der Waals surface area (Å²) in [5.41, 5.74) is 1.19. The van der Waals surface area contributed by atoms with Crippen LogP contribution in [-0.2, 0) is 5.41 Å². The van der Waals surface area contributed by atoms with Gasteiger partial charge in [-0.15, -0.1) is 0 Å². The number of rotatable bonds is 2. The first-order chi connectivity index (χ1) is 8.39. The van der Waals surface area contributed by atoms with Crippen molar-refractivity contribution in [1.82, 2.24) is 10.5 Å². The van der Waals surface area contributed by atoms with E-state index in [2.05, 4.69) is 10.5 Å². The molecule has 1 saturated carbocycles. The lowest BCUT2D eigenvalue weighted by atomic mass is 9.88. The SMILES string of the molecule is Cc1onc(C(C)(C)C)c1C(=O)NC1CCCC1. The Bertz CT molecular complexity index is 437.